The molecule has 0 radical (unpaired) electrons. The Balaban J connectivity index is 1.62. The number of aromatic nitrogens is 6. The molecule has 0 unspecified atom stereocenters. The molecule has 10 heteroatoms. The fourth-order valence-corrected chi connectivity index (χ4v) is 5.46. The number of fused-ring (bicyclic) bond motifs is 4. The second kappa shape index (κ2) is 5.61. The molecule has 0 N–H and O–H groups in total. The Morgan fingerprint density at radius 1 is 1.12 bits per heavy atom. The van der Waals surface area contributed by atoms with E-state index >= 15 is 0 Å². The normalized spacial score (nSPS) is 11.9. The second-order valence-electron chi connectivity index (χ2n) is 5.35. The van der Waals surface area contributed by atoms with Gasteiger partial charge in [0.1, 0.15) is 21.9 Å². The van der Waals surface area contributed by atoms with Gasteiger partial charge in [-0.2, -0.15) is 0 Å². The van der Waals surface area contributed by atoms with Gasteiger partial charge in [-0.25, -0.2) is 9.97 Å². The maximum Gasteiger partial charge on any atom is 0.272 e. The van der Waals surface area contributed by atoms with Crippen LogP contribution in [0.4, 0.5) is 0 Å². The highest BCUT2D eigenvalue weighted by molar-refractivity contribution is 7.98. The molecule has 0 saturated carbocycles. The summed E-state index contributed by atoms with van der Waals surface area (Å²) >= 11 is 4.67. The standard InChI is InChI=1S/C15H10N6OS3/c1-20-14(22)12-9(3-5-24-12)21-10(18-19-15(20)21)6-25-13-11-8(2-4-23-11)16-7-17-13/h2-5,7H,6H2,1H3. The van der Waals surface area contributed by atoms with Crippen LogP contribution in [0.1, 0.15) is 5.82 Å². The summed E-state index contributed by atoms with van der Waals surface area (Å²) in [5.41, 5.74) is 1.77. The topological polar surface area (TPSA) is 78.0 Å². The quantitative estimate of drug-likeness (QED) is 0.350. The summed E-state index contributed by atoms with van der Waals surface area (Å²) < 4.78 is 5.29. The van der Waals surface area contributed by atoms with E-state index in [2.05, 4.69) is 20.2 Å². The number of rotatable bonds is 3. The van der Waals surface area contributed by atoms with Crippen molar-refractivity contribution >= 4 is 60.6 Å². The van der Waals surface area contributed by atoms with Crippen LogP contribution in [-0.2, 0) is 12.8 Å². The number of thiophene rings is 2. The van der Waals surface area contributed by atoms with Crippen LogP contribution in [0.2, 0.25) is 0 Å². The Kier molecular flexibility index (Phi) is 3.37. The zero-order valence-corrected chi connectivity index (χ0v) is 15.4. The fraction of sp³-hybridized carbons (Fsp3) is 0.133. The Morgan fingerprint density at radius 2 is 1.96 bits per heavy atom. The highest BCUT2D eigenvalue weighted by atomic mass is 32.2. The molecule has 7 nitrogen and oxygen atoms in total. The molecule has 0 saturated heterocycles. The van der Waals surface area contributed by atoms with Crippen LogP contribution in [0.5, 0.6) is 0 Å². The second-order valence-corrected chi connectivity index (χ2v) is 8.15. The molecule has 0 amide bonds. The van der Waals surface area contributed by atoms with Crippen LogP contribution in [-0.4, -0.2) is 29.1 Å². The molecule has 5 rings (SSSR count). The van der Waals surface area contributed by atoms with Gasteiger partial charge < -0.3 is 0 Å². The van der Waals surface area contributed by atoms with E-state index in [1.807, 2.05) is 27.3 Å². The summed E-state index contributed by atoms with van der Waals surface area (Å²) in [6, 6.07) is 3.93. The number of nitrogens with zero attached hydrogens (tertiary/aromatic N) is 6. The summed E-state index contributed by atoms with van der Waals surface area (Å²) in [6.45, 7) is 0. The Morgan fingerprint density at radius 3 is 2.88 bits per heavy atom. The van der Waals surface area contributed by atoms with Gasteiger partial charge in [0.05, 0.1) is 21.5 Å². The Labute approximate surface area is 153 Å². The number of hydrogen-bond donors (Lipinski definition) is 0. The maximum atomic E-state index is 12.4. The molecule has 0 atom stereocenters. The van der Waals surface area contributed by atoms with Gasteiger partial charge in [-0.05, 0) is 22.9 Å². The smallest absolute Gasteiger partial charge is 0.272 e. The molecular weight excluding hydrogens is 376 g/mol. The van der Waals surface area contributed by atoms with Crippen molar-refractivity contribution in [2.24, 2.45) is 7.05 Å². The molecule has 5 heterocycles. The number of aryl methyl sites for hydroxylation is 1. The minimum atomic E-state index is -0.0415. The van der Waals surface area contributed by atoms with E-state index < -0.39 is 0 Å². The summed E-state index contributed by atoms with van der Waals surface area (Å²) in [5, 5.41) is 13.4. The SMILES string of the molecule is Cn1c(=O)c2sccc2n2c(CSc3ncnc4ccsc34)nnc12. The lowest BCUT2D eigenvalue weighted by Crippen LogP contribution is -2.19. The van der Waals surface area contributed by atoms with Crippen LogP contribution in [0.25, 0.3) is 26.2 Å². The molecule has 0 aliphatic carbocycles. The van der Waals surface area contributed by atoms with Crippen molar-refractivity contribution in [2.75, 3.05) is 0 Å². The van der Waals surface area contributed by atoms with Gasteiger partial charge in [-0.3, -0.25) is 13.8 Å². The highest BCUT2D eigenvalue weighted by Crippen LogP contribution is 2.31. The number of hydrogen-bond acceptors (Lipinski definition) is 8. The molecular formula is C15H10N6OS3. The zero-order chi connectivity index (χ0) is 17.0. The first-order valence-electron chi connectivity index (χ1n) is 7.35. The van der Waals surface area contributed by atoms with Gasteiger partial charge in [0.2, 0.25) is 5.78 Å². The fourth-order valence-electron chi connectivity index (χ4n) is 2.75. The van der Waals surface area contributed by atoms with E-state index in [0.29, 0.717) is 16.2 Å². The lowest BCUT2D eigenvalue weighted by Gasteiger charge is -2.05. The van der Waals surface area contributed by atoms with Gasteiger partial charge in [0.25, 0.3) is 5.56 Å². The molecule has 0 spiro atoms. The third-order valence-electron chi connectivity index (χ3n) is 3.95. The van der Waals surface area contributed by atoms with E-state index in [0.717, 1.165) is 26.6 Å². The van der Waals surface area contributed by atoms with Crippen molar-refractivity contribution in [1.82, 2.24) is 29.1 Å². The first kappa shape index (κ1) is 15.0. The molecule has 0 aliphatic rings. The summed E-state index contributed by atoms with van der Waals surface area (Å²) in [6.07, 6.45) is 1.58. The molecule has 0 fully saturated rings. The van der Waals surface area contributed by atoms with Crippen LogP contribution in [0.15, 0.2) is 39.0 Å². The van der Waals surface area contributed by atoms with Gasteiger partial charge in [0, 0.05) is 7.05 Å². The van der Waals surface area contributed by atoms with Crippen molar-refractivity contribution in [3.8, 4) is 0 Å². The maximum absolute atomic E-state index is 12.4. The molecule has 0 bridgehead atoms. The summed E-state index contributed by atoms with van der Waals surface area (Å²) in [7, 11) is 1.72. The lowest BCUT2D eigenvalue weighted by molar-refractivity contribution is 0.860. The summed E-state index contributed by atoms with van der Waals surface area (Å²) in [4.78, 5) is 21.0. The van der Waals surface area contributed by atoms with Gasteiger partial charge in [-0.15, -0.1) is 32.9 Å². The minimum Gasteiger partial charge on any atom is -0.279 e. The summed E-state index contributed by atoms with van der Waals surface area (Å²) in [5.74, 6) is 1.95. The zero-order valence-electron chi connectivity index (χ0n) is 12.9. The highest BCUT2D eigenvalue weighted by Gasteiger charge is 2.16. The lowest BCUT2D eigenvalue weighted by atomic mass is 10.4. The molecule has 0 aliphatic heterocycles. The van der Waals surface area contributed by atoms with E-state index in [1.165, 1.54) is 11.3 Å². The van der Waals surface area contributed by atoms with Crippen molar-refractivity contribution < 1.29 is 0 Å². The van der Waals surface area contributed by atoms with Crippen LogP contribution in [0.3, 0.4) is 0 Å². The predicted molar refractivity (Wildman–Crippen MR) is 101 cm³/mol. The van der Waals surface area contributed by atoms with Gasteiger partial charge in [-0.1, -0.05) is 11.8 Å². The average molecular weight is 386 g/mol. The molecule has 124 valence electrons. The first-order valence-corrected chi connectivity index (χ1v) is 10.1. The van der Waals surface area contributed by atoms with E-state index in [4.69, 9.17) is 0 Å². The third kappa shape index (κ3) is 2.21. The van der Waals surface area contributed by atoms with Crippen molar-refractivity contribution in [3.63, 3.8) is 0 Å². The Bertz CT molecular complexity index is 1300. The van der Waals surface area contributed by atoms with E-state index in [1.54, 1.807) is 41.0 Å². The minimum absolute atomic E-state index is 0.0415. The number of thioether (sulfide) groups is 1. The molecule has 5 aromatic rings. The van der Waals surface area contributed by atoms with Crippen molar-refractivity contribution in [1.29, 1.82) is 0 Å². The average Bonchev–Trinajstić information content (AvgIpc) is 3.35. The molecule has 0 aromatic carbocycles. The van der Waals surface area contributed by atoms with Gasteiger partial charge >= 0.3 is 0 Å². The largest absolute Gasteiger partial charge is 0.279 e. The van der Waals surface area contributed by atoms with Gasteiger partial charge in [0.15, 0.2) is 0 Å². The Hall–Kier alpha value is -2.30. The van der Waals surface area contributed by atoms with Crippen molar-refractivity contribution in [3.05, 3.63) is 45.4 Å². The molecule has 25 heavy (non-hydrogen) atoms. The predicted octanol–water partition coefficient (Wildman–Crippen LogP) is 2.94. The van der Waals surface area contributed by atoms with Crippen LogP contribution < -0.4 is 5.56 Å². The third-order valence-corrected chi connectivity index (χ3v) is 6.86. The first-order chi connectivity index (χ1) is 12.2. The van der Waals surface area contributed by atoms with E-state index in [-0.39, 0.29) is 5.56 Å². The monoisotopic (exact) mass is 386 g/mol. The van der Waals surface area contributed by atoms with Crippen molar-refractivity contribution in [2.45, 2.75) is 10.8 Å². The van der Waals surface area contributed by atoms with Crippen LogP contribution in [0, 0.1) is 0 Å². The van der Waals surface area contributed by atoms with E-state index in [9.17, 15) is 4.79 Å². The van der Waals surface area contributed by atoms with Crippen LogP contribution >= 0.6 is 34.4 Å². The molecule has 5 aromatic heterocycles.